The van der Waals surface area contributed by atoms with Crippen LogP contribution in [0.4, 0.5) is 5.82 Å². The van der Waals surface area contributed by atoms with Crippen LogP contribution in [0.15, 0.2) is 59.1 Å². The molecule has 3 aromatic rings. The average molecular weight is 348 g/mol. The van der Waals surface area contributed by atoms with Crippen molar-refractivity contribution in [2.24, 2.45) is 0 Å². The van der Waals surface area contributed by atoms with E-state index in [9.17, 15) is 4.79 Å². The second-order valence-electron chi connectivity index (χ2n) is 6.29. The van der Waals surface area contributed by atoms with Gasteiger partial charge in [-0.25, -0.2) is 9.97 Å². The van der Waals surface area contributed by atoms with Gasteiger partial charge in [-0.05, 0) is 25.1 Å². The van der Waals surface area contributed by atoms with Gasteiger partial charge in [-0.1, -0.05) is 30.3 Å². The molecule has 0 atom stereocenters. The number of hydrogen-bond donors (Lipinski definition) is 0. The van der Waals surface area contributed by atoms with E-state index in [4.69, 9.17) is 9.40 Å². The van der Waals surface area contributed by atoms with Gasteiger partial charge >= 0.3 is 0 Å². The molecular formula is C20H20N4O2. The number of furan rings is 1. The van der Waals surface area contributed by atoms with Crippen LogP contribution in [-0.2, 0) is 0 Å². The number of amides is 1. The van der Waals surface area contributed by atoms with Crippen molar-refractivity contribution in [2.75, 3.05) is 31.1 Å². The first kappa shape index (κ1) is 16.3. The largest absolute Gasteiger partial charge is 0.456 e. The van der Waals surface area contributed by atoms with Gasteiger partial charge in [0.15, 0.2) is 11.6 Å². The summed E-state index contributed by atoms with van der Waals surface area (Å²) in [6, 6.07) is 15.4. The van der Waals surface area contributed by atoms with E-state index in [1.165, 1.54) is 0 Å². The molecule has 26 heavy (non-hydrogen) atoms. The van der Waals surface area contributed by atoms with E-state index in [0.717, 1.165) is 30.2 Å². The van der Waals surface area contributed by atoms with E-state index in [1.54, 1.807) is 12.3 Å². The van der Waals surface area contributed by atoms with E-state index in [-0.39, 0.29) is 5.91 Å². The highest BCUT2D eigenvalue weighted by atomic mass is 16.3. The van der Waals surface area contributed by atoms with E-state index in [0.29, 0.717) is 24.7 Å². The molecule has 3 heterocycles. The molecule has 2 aromatic heterocycles. The molecule has 6 nitrogen and oxygen atoms in total. The Morgan fingerprint density at radius 1 is 1.00 bits per heavy atom. The monoisotopic (exact) mass is 348 g/mol. The van der Waals surface area contributed by atoms with Crippen LogP contribution < -0.4 is 4.90 Å². The molecular weight excluding hydrogens is 328 g/mol. The second-order valence-corrected chi connectivity index (χ2v) is 6.29. The third-order valence-electron chi connectivity index (χ3n) is 4.51. The summed E-state index contributed by atoms with van der Waals surface area (Å²) in [5.41, 5.74) is 0.997. The van der Waals surface area contributed by atoms with Crippen molar-refractivity contribution in [2.45, 2.75) is 6.92 Å². The first-order valence-electron chi connectivity index (χ1n) is 8.70. The van der Waals surface area contributed by atoms with E-state index < -0.39 is 0 Å². The molecule has 1 aliphatic rings. The quantitative estimate of drug-likeness (QED) is 0.728. The standard InChI is InChI=1S/C20H20N4O2/c1-15-7-8-17(26-15)20(25)24-13-11-23(12-14-24)18-9-10-21-19(22-18)16-5-3-2-4-6-16/h2-10H,11-14H2,1H3. The number of aryl methyl sites for hydroxylation is 1. The Kier molecular flexibility index (Phi) is 4.39. The number of benzene rings is 1. The third-order valence-corrected chi connectivity index (χ3v) is 4.51. The fourth-order valence-corrected chi connectivity index (χ4v) is 3.10. The van der Waals surface area contributed by atoms with Crippen molar-refractivity contribution in [1.82, 2.24) is 14.9 Å². The number of carbonyl (C=O) groups is 1. The summed E-state index contributed by atoms with van der Waals surface area (Å²) in [6.45, 7) is 4.59. The summed E-state index contributed by atoms with van der Waals surface area (Å²) < 4.78 is 5.45. The summed E-state index contributed by atoms with van der Waals surface area (Å²) in [6.07, 6.45) is 1.79. The molecule has 0 aliphatic carbocycles. The molecule has 1 fully saturated rings. The summed E-state index contributed by atoms with van der Waals surface area (Å²) in [7, 11) is 0. The number of rotatable bonds is 3. The summed E-state index contributed by atoms with van der Waals surface area (Å²) in [5, 5.41) is 0. The number of aromatic nitrogens is 2. The average Bonchev–Trinajstić information content (AvgIpc) is 3.15. The summed E-state index contributed by atoms with van der Waals surface area (Å²) >= 11 is 0. The van der Waals surface area contributed by atoms with Gasteiger partial charge in [0.1, 0.15) is 11.6 Å². The minimum Gasteiger partial charge on any atom is -0.456 e. The van der Waals surface area contributed by atoms with Gasteiger partial charge in [0.05, 0.1) is 0 Å². The number of piperazine rings is 1. The Balaban J connectivity index is 1.44. The van der Waals surface area contributed by atoms with Crippen molar-refractivity contribution in [3.63, 3.8) is 0 Å². The maximum atomic E-state index is 12.5. The Hall–Kier alpha value is -3.15. The normalized spacial score (nSPS) is 14.5. The van der Waals surface area contributed by atoms with E-state index >= 15 is 0 Å². The van der Waals surface area contributed by atoms with Gasteiger partial charge in [0, 0.05) is 37.9 Å². The molecule has 6 heteroatoms. The summed E-state index contributed by atoms with van der Waals surface area (Å²) in [4.78, 5) is 25.6. The van der Waals surface area contributed by atoms with Crippen LogP contribution in [0.25, 0.3) is 11.4 Å². The smallest absolute Gasteiger partial charge is 0.289 e. The van der Waals surface area contributed by atoms with Crippen molar-refractivity contribution < 1.29 is 9.21 Å². The molecule has 1 saturated heterocycles. The van der Waals surface area contributed by atoms with Crippen LogP contribution in [0.3, 0.4) is 0 Å². The van der Waals surface area contributed by atoms with Crippen molar-refractivity contribution in [3.05, 3.63) is 66.2 Å². The SMILES string of the molecule is Cc1ccc(C(=O)N2CCN(c3ccnc(-c4ccccc4)n3)CC2)o1. The van der Waals surface area contributed by atoms with Gasteiger partial charge in [-0.3, -0.25) is 4.79 Å². The predicted molar refractivity (Wildman–Crippen MR) is 99.0 cm³/mol. The fraction of sp³-hybridized carbons (Fsp3) is 0.250. The lowest BCUT2D eigenvalue weighted by Gasteiger charge is -2.35. The molecule has 0 unspecified atom stereocenters. The topological polar surface area (TPSA) is 62.5 Å². The number of anilines is 1. The molecule has 0 bridgehead atoms. The lowest BCUT2D eigenvalue weighted by Crippen LogP contribution is -2.49. The molecule has 0 spiro atoms. The van der Waals surface area contributed by atoms with Gasteiger partial charge in [-0.2, -0.15) is 0 Å². The Morgan fingerprint density at radius 2 is 1.77 bits per heavy atom. The van der Waals surface area contributed by atoms with Crippen LogP contribution >= 0.6 is 0 Å². The second kappa shape index (κ2) is 7.00. The molecule has 4 rings (SSSR count). The van der Waals surface area contributed by atoms with Crippen molar-refractivity contribution >= 4 is 11.7 Å². The molecule has 132 valence electrons. The minimum atomic E-state index is -0.0505. The molecule has 0 N–H and O–H groups in total. The van der Waals surface area contributed by atoms with Crippen LogP contribution in [0.2, 0.25) is 0 Å². The van der Waals surface area contributed by atoms with Gasteiger partial charge in [0.25, 0.3) is 5.91 Å². The minimum absolute atomic E-state index is 0.0505. The molecule has 0 radical (unpaired) electrons. The predicted octanol–water partition coefficient (Wildman–Crippen LogP) is 3.01. The van der Waals surface area contributed by atoms with Crippen LogP contribution in [0.1, 0.15) is 16.3 Å². The number of hydrogen-bond acceptors (Lipinski definition) is 5. The number of carbonyl (C=O) groups excluding carboxylic acids is 1. The molecule has 0 saturated carbocycles. The van der Waals surface area contributed by atoms with E-state index in [2.05, 4.69) is 9.88 Å². The molecule has 1 aromatic carbocycles. The van der Waals surface area contributed by atoms with Gasteiger partial charge in [-0.15, -0.1) is 0 Å². The van der Waals surface area contributed by atoms with Crippen LogP contribution in [0.5, 0.6) is 0 Å². The third kappa shape index (κ3) is 3.31. The van der Waals surface area contributed by atoms with Gasteiger partial charge < -0.3 is 14.2 Å². The van der Waals surface area contributed by atoms with Crippen LogP contribution in [-0.4, -0.2) is 47.0 Å². The summed E-state index contributed by atoms with van der Waals surface area (Å²) in [5.74, 6) is 2.71. The first-order valence-corrected chi connectivity index (χ1v) is 8.70. The fourth-order valence-electron chi connectivity index (χ4n) is 3.10. The lowest BCUT2D eigenvalue weighted by atomic mass is 10.2. The lowest BCUT2D eigenvalue weighted by molar-refractivity contribution is 0.0713. The number of nitrogens with zero attached hydrogens (tertiary/aromatic N) is 4. The maximum absolute atomic E-state index is 12.5. The Bertz CT molecular complexity index is 899. The zero-order valence-corrected chi connectivity index (χ0v) is 14.6. The zero-order valence-electron chi connectivity index (χ0n) is 14.6. The van der Waals surface area contributed by atoms with Crippen LogP contribution in [0, 0.1) is 6.92 Å². The maximum Gasteiger partial charge on any atom is 0.289 e. The highest BCUT2D eigenvalue weighted by Gasteiger charge is 2.24. The van der Waals surface area contributed by atoms with Gasteiger partial charge in [0.2, 0.25) is 0 Å². The highest BCUT2D eigenvalue weighted by Crippen LogP contribution is 2.20. The molecule has 1 aliphatic heterocycles. The van der Waals surface area contributed by atoms with Crippen molar-refractivity contribution in [3.8, 4) is 11.4 Å². The van der Waals surface area contributed by atoms with E-state index in [1.807, 2.05) is 54.3 Å². The Morgan fingerprint density at radius 3 is 2.46 bits per heavy atom. The first-order chi connectivity index (χ1) is 12.7. The Labute approximate surface area is 152 Å². The highest BCUT2D eigenvalue weighted by molar-refractivity contribution is 5.91. The molecule has 1 amide bonds. The van der Waals surface area contributed by atoms with Crippen molar-refractivity contribution in [1.29, 1.82) is 0 Å². The zero-order chi connectivity index (χ0) is 17.9.